The number of esters is 1. The monoisotopic (exact) mass is 355 g/mol. The highest BCUT2D eigenvalue weighted by molar-refractivity contribution is 9.10. The van der Waals surface area contributed by atoms with E-state index in [9.17, 15) is 14.4 Å². The van der Waals surface area contributed by atoms with E-state index in [0.717, 1.165) is 26.7 Å². The van der Waals surface area contributed by atoms with Gasteiger partial charge in [-0.25, -0.2) is 0 Å². The number of imide groups is 1. The molecule has 7 heteroatoms. The summed E-state index contributed by atoms with van der Waals surface area (Å²) in [7, 11) is 1.21. The van der Waals surface area contributed by atoms with Gasteiger partial charge in [-0.1, -0.05) is 28.1 Å². The quantitative estimate of drug-likeness (QED) is 0.616. The van der Waals surface area contributed by atoms with Crippen molar-refractivity contribution < 1.29 is 19.1 Å². The Morgan fingerprint density at radius 1 is 1.35 bits per heavy atom. The van der Waals surface area contributed by atoms with Crippen LogP contribution in [-0.4, -0.2) is 35.7 Å². The molecule has 0 saturated carbocycles. The molecule has 20 heavy (non-hydrogen) atoms. The van der Waals surface area contributed by atoms with Gasteiger partial charge >= 0.3 is 5.97 Å². The molecule has 1 aliphatic heterocycles. The Bertz CT molecular complexity index is 597. The topological polar surface area (TPSA) is 63.7 Å². The Morgan fingerprint density at radius 2 is 2.00 bits per heavy atom. The molecule has 1 heterocycles. The number of benzene rings is 1. The molecule has 1 fully saturated rings. The molecule has 1 saturated heterocycles. The number of halogens is 1. The molecule has 104 valence electrons. The number of ether oxygens (including phenoxy) is 1. The van der Waals surface area contributed by atoms with Crippen LogP contribution in [0.5, 0.6) is 0 Å². The fraction of sp³-hybridized carbons (Fsp3) is 0.154. The van der Waals surface area contributed by atoms with Crippen LogP contribution < -0.4 is 0 Å². The molecule has 0 atom stereocenters. The summed E-state index contributed by atoms with van der Waals surface area (Å²) < 4.78 is 5.38. The Morgan fingerprint density at radius 3 is 2.60 bits per heavy atom. The largest absolute Gasteiger partial charge is 0.468 e. The smallest absolute Gasteiger partial charge is 0.325 e. The number of carbonyl (C=O) groups excluding carboxylic acids is 3. The minimum Gasteiger partial charge on any atom is -0.468 e. The minimum atomic E-state index is -0.628. The summed E-state index contributed by atoms with van der Waals surface area (Å²) in [5.74, 6) is -1.11. The SMILES string of the molecule is COC(=O)CN1C(=O)S/C(=C\c2ccc(Br)cc2)C1=O. The van der Waals surface area contributed by atoms with E-state index >= 15 is 0 Å². The lowest BCUT2D eigenvalue weighted by atomic mass is 10.2. The number of thioether (sulfide) groups is 1. The number of methoxy groups -OCH3 is 1. The summed E-state index contributed by atoms with van der Waals surface area (Å²) in [5, 5.41) is -0.469. The first-order valence-corrected chi connectivity index (χ1v) is 7.20. The van der Waals surface area contributed by atoms with E-state index in [4.69, 9.17) is 0 Å². The van der Waals surface area contributed by atoms with Crippen LogP contribution in [-0.2, 0) is 14.3 Å². The maximum absolute atomic E-state index is 12.0. The van der Waals surface area contributed by atoms with Crippen molar-refractivity contribution in [2.24, 2.45) is 0 Å². The Kier molecular flexibility index (Phi) is 4.61. The van der Waals surface area contributed by atoms with Crippen molar-refractivity contribution in [3.05, 3.63) is 39.2 Å². The lowest BCUT2D eigenvalue weighted by molar-refractivity contribution is -0.143. The fourth-order valence-electron chi connectivity index (χ4n) is 1.54. The van der Waals surface area contributed by atoms with E-state index in [0.29, 0.717) is 4.91 Å². The molecule has 0 unspecified atom stereocenters. The van der Waals surface area contributed by atoms with Crippen molar-refractivity contribution in [3.8, 4) is 0 Å². The molecule has 2 amide bonds. The maximum Gasteiger partial charge on any atom is 0.325 e. The zero-order valence-corrected chi connectivity index (χ0v) is 12.9. The average molecular weight is 356 g/mol. The molecule has 0 spiro atoms. The standard InChI is InChI=1S/C13H10BrNO4S/c1-19-11(16)7-15-12(17)10(20-13(15)18)6-8-2-4-9(14)5-3-8/h2-6H,7H2,1H3/b10-6-. The minimum absolute atomic E-state index is 0.293. The van der Waals surface area contributed by atoms with E-state index in [1.54, 1.807) is 6.08 Å². The van der Waals surface area contributed by atoms with Crippen LogP contribution in [0.2, 0.25) is 0 Å². The zero-order valence-electron chi connectivity index (χ0n) is 10.5. The van der Waals surface area contributed by atoms with Crippen LogP contribution in [0, 0.1) is 0 Å². The molecule has 2 rings (SSSR count). The summed E-state index contributed by atoms with van der Waals surface area (Å²) in [6.07, 6.45) is 1.62. The molecule has 5 nitrogen and oxygen atoms in total. The van der Waals surface area contributed by atoms with Gasteiger partial charge in [0.1, 0.15) is 6.54 Å². The molecular weight excluding hydrogens is 346 g/mol. The normalized spacial score (nSPS) is 16.9. The van der Waals surface area contributed by atoms with Crippen LogP contribution in [0.1, 0.15) is 5.56 Å². The van der Waals surface area contributed by atoms with E-state index in [1.807, 2.05) is 24.3 Å². The first kappa shape index (κ1) is 14.8. The average Bonchev–Trinajstić information content (AvgIpc) is 2.69. The Hall–Kier alpha value is -1.60. The summed E-state index contributed by atoms with van der Waals surface area (Å²) >= 11 is 4.13. The third-order valence-electron chi connectivity index (χ3n) is 2.56. The number of nitrogens with zero attached hydrogens (tertiary/aromatic N) is 1. The van der Waals surface area contributed by atoms with Crippen molar-refractivity contribution in [2.75, 3.05) is 13.7 Å². The molecule has 0 aliphatic carbocycles. The maximum atomic E-state index is 12.0. The third kappa shape index (κ3) is 3.29. The first-order valence-electron chi connectivity index (χ1n) is 5.59. The molecule has 1 aliphatic rings. The fourth-order valence-corrected chi connectivity index (χ4v) is 2.64. The number of carbonyl (C=O) groups is 3. The molecule has 1 aromatic rings. The van der Waals surface area contributed by atoms with Gasteiger partial charge in [0.15, 0.2) is 0 Å². The van der Waals surface area contributed by atoms with Gasteiger partial charge in [0.2, 0.25) is 0 Å². The van der Waals surface area contributed by atoms with Crippen molar-refractivity contribution in [1.82, 2.24) is 4.90 Å². The highest BCUT2D eigenvalue weighted by Gasteiger charge is 2.36. The van der Waals surface area contributed by atoms with Gasteiger partial charge in [-0.15, -0.1) is 0 Å². The molecule has 0 radical (unpaired) electrons. The Balaban J connectivity index is 2.19. The van der Waals surface area contributed by atoms with Crippen LogP contribution in [0.4, 0.5) is 4.79 Å². The number of hydrogen-bond acceptors (Lipinski definition) is 5. The number of amides is 2. The Labute approximate surface area is 128 Å². The van der Waals surface area contributed by atoms with E-state index in [1.165, 1.54) is 7.11 Å². The van der Waals surface area contributed by atoms with Gasteiger partial charge in [-0.3, -0.25) is 19.3 Å². The van der Waals surface area contributed by atoms with Crippen LogP contribution in [0.3, 0.4) is 0 Å². The second-order valence-corrected chi connectivity index (χ2v) is 5.80. The van der Waals surface area contributed by atoms with Gasteiger partial charge in [0, 0.05) is 4.47 Å². The van der Waals surface area contributed by atoms with Crippen LogP contribution in [0.25, 0.3) is 6.08 Å². The van der Waals surface area contributed by atoms with Crippen LogP contribution >= 0.6 is 27.7 Å². The lowest BCUT2D eigenvalue weighted by Crippen LogP contribution is -2.34. The predicted molar refractivity (Wildman–Crippen MR) is 78.8 cm³/mol. The summed E-state index contributed by atoms with van der Waals surface area (Å²) in [6, 6.07) is 7.31. The molecule has 0 bridgehead atoms. The number of rotatable bonds is 3. The molecule has 0 N–H and O–H groups in total. The predicted octanol–water partition coefficient (Wildman–Crippen LogP) is 2.66. The van der Waals surface area contributed by atoms with Gasteiger partial charge in [-0.2, -0.15) is 0 Å². The van der Waals surface area contributed by atoms with Crippen molar-refractivity contribution in [1.29, 1.82) is 0 Å². The van der Waals surface area contributed by atoms with Crippen LogP contribution in [0.15, 0.2) is 33.6 Å². The highest BCUT2D eigenvalue weighted by Crippen LogP contribution is 2.32. The molecule has 1 aromatic carbocycles. The molecule has 0 aromatic heterocycles. The second-order valence-electron chi connectivity index (χ2n) is 3.90. The van der Waals surface area contributed by atoms with Gasteiger partial charge in [0.05, 0.1) is 12.0 Å². The van der Waals surface area contributed by atoms with E-state index in [-0.39, 0.29) is 6.54 Å². The van der Waals surface area contributed by atoms with Gasteiger partial charge < -0.3 is 4.74 Å². The number of hydrogen-bond donors (Lipinski definition) is 0. The highest BCUT2D eigenvalue weighted by atomic mass is 79.9. The third-order valence-corrected chi connectivity index (χ3v) is 3.99. The van der Waals surface area contributed by atoms with Crippen molar-refractivity contribution >= 4 is 50.9 Å². The zero-order chi connectivity index (χ0) is 14.7. The van der Waals surface area contributed by atoms with E-state index in [2.05, 4.69) is 20.7 Å². The summed E-state index contributed by atoms with van der Waals surface area (Å²) in [4.78, 5) is 36.1. The lowest BCUT2D eigenvalue weighted by Gasteiger charge is -2.09. The van der Waals surface area contributed by atoms with Gasteiger partial charge in [-0.05, 0) is 35.5 Å². The van der Waals surface area contributed by atoms with Gasteiger partial charge in [0.25, 0.3) is 11.1 Å². The summed E-state index contributed by atoms with van der Waals surface area (Å²) in [6.45, 7) is -0.362. The second kappa shape index (κ2) is 6.23. The van der Waals surface area contributed by atoms with Crippen molar-refractivity contribution in [3.63, 3.8) is 0 Å². The first-order chi connectivity index (χ1) is 9.51. The molecular formula is C13H10BrNO4S. The van der Waals surface area contributed by atoms with Crippen molar-refractivity contribution in [2.45, 2.75) is 0 Å². The summed E-state index contributed by atoms with van der Waals surface area (Å²) in [5.41, 5.74) is 0.803. The van der Waals surface area contributed by atoms with E-state index < -0.39 is 17.1 Å².